The highest BCUT2D eigenvalue weighted by Gasteiger charge is 2.40. The molecule has 0 aliphatic carbocycles. The monoisotopic (exact) mass is 267 g/mol. The maximum Gasteiger partial charge on any atom is 0.391 e. The molecule has 0 aromatic heterocycles. The standard InChI is InChI=1S/C11H20F3N3O/c1-16-9(10(15)18)4-7-17-5-2-8(3-6-17)11(12,13)14/h8-9,16H,2-7H2,1H3,(H2,15,18). The van der Waals surface area contributed by atoms with Crippen LogP contribution in [0.25, 0.3) is 0 Å². The van der Waals surface area contributed by atoms with Crippen molar-refractivity contribution in [3.63, 3.8) is 0 Å². The molecule has 1 fully saturated rings. The van der Waals surface area contributed by atoms with Crippen LogP contribution < -0.4 is 11.1 Å². The number of nitrogens with one attached hydrogen (secondary N) is 1. The Labute approximate surface area is 105 Å². The lowest BCUT2D eigenvalue weighted by Crippen LogP contribution is -2.44. The number of carbonyl (C=O) groups is 1. The average molecular weight is 267 g/mol. The van der Waals surface area contributed by atoms with E-state index >= 15 is 0 Å². The van der Waals surface area contributed by atoms with Gasteiger partial charge in [0.05, 0.1) is 12.0 Å². The van der Waals surface area contributed by atoms with Gasteiger partial charge in [-0.05, 0) is 39.4 Å². The number of alkyl halides is 3. The Morgan fingerprint density at radius 2 is 2.00 bits per heavy atom. The van der Waals surface area contributed by atoms with Crippen molar-refractivity contribution in [1.29, 1.82) is 0 Å². The lowest BCUT2D eigenvalue weighted by molar-refractivity contribution is -0.185. The van der Waals surface area contributed by atoms with Gasteiger partial charge in [0.25, 0.3) is 0 Å². The van der Waals surface area contributed by atoms with Gasteiger partial charge in [0, 0.05) is 6.54 Å². The van der Waals surface area contributed by atoms with Crippen molar-refractivity contribution in [1.82, 2.24) is 10.2 Å². The first kappa shape index (κ1) is 15.2. The molecule has 1 amide bonds. The molecule has 0 aromatic carbocycles. The van der Waals surface area contributed by atoms with Crippen molar-refractivity contribution in [2.75, 3.05) is 26.7 Å². The molecule has 0 spiro atoms. The second-order valence-electron chi connectivity index (χ2n) is 4.69. The fourth-order valence-electron chi connectivity index (χ4n) is 2.22. The summed E-state index contributed by atoms with van der Waals surface area (Å²) in [6, 6.07) is -0.412. The maximum atomic E-state index is 12.5. The van der Waals surface area contributed by atoms with Crippen LogP contribution in [0.15, 0.2) is 0 Å². The van der Waals surface area contributed by atoms with E-state index in [0.717, 1.165) is 0 Å². The van der Waals surface area contributed by atoms with Crippen LogP contribution in [0, 0.1) is 5.92 Å². The fourth-order valence-corrected chi connectivity index (χ4v) is 2.22. The van der Waals surface area contributed by atoms with Crippen LogP contribution in [0.2, 0.25) is 0 Å². The minimum absolute atomic E-state index is 0.143. The average Bonchev–Trinajstić information content (AvgIpc) is 2.29. The van der Waals surface area contributed by atoms with Crippen LogP contribution in [-0.4, -0.2) is 49.7 Å². The van der Waals surface area contributed by atoms with Crippen LogP contribution in [-0.2, 0) is 4.79 Å². The molecule has 3 N–H and O–H groups in total. The molecule has 1 heterocycles. The van der Waals surface area contributed by atoms with Gasteiger partial charge in [-0.2, -0.15) is 13.2 Å². The van der Waals surface area contributed by atoms with Crippen molar-refractivity contribution < 1.29 is 18.0 Å². The molecule has 0 saturated carbocycles. The van der Waals surface area contributed by atoms with E-state index in [1.165, 1.54) is 0 Å². The zero-order valence-electron chi connectivity index (χ0n) is 10.5. The first-order valence-electron chi connectivity index (χ1n) is 6.10. The van der Waals surface area contributed by atoms with Crippen LogP contribution in [0.5, 0.6) is 0 Å². The lowest BCUT2D eigenvalue weighted by Gasteiger charge is -2.33. The second kappa shape index (κ2) is 6.38. The van der Waals surface area contributed by atoms with Crippen molar-refractivity contribution in [2.24, 2.45) is 11.7 Å². The molecule has 1 rings (SSSR count). The van der Waals surface area contributed by atoms with Gasteiger partial charge < -0.3 is 16.0 Å². The summed E-state index contributed by atoms with van der Waals surface area (Å²) in [6.45, 7) is 1.46. The largest absolute Gasteiger partial charge is 0.391 e. The highest BCUT2D eigenvalue weighted by molar-refractivity contribution is 5.79. The molecule has 4 nitrogen and oxygen atoms in total. The first-order valence-corrected chi connectivity index (χ1v) is 6.10. The van der Waals surface area contributed by atoms with Gasteiger partial charge >= 0.3 is 6.18 Å². The summed E-state index contributed by atoms with van der Waals surface area (Å²) >= 11 is 0. The molecular formula is C11H20F3N3O. The minimum atomic E-state index is -4.08. The van der Waals surface area contributed by atoms with E-state index in [0.29, 0.717) is 26.1 Å². The predicted molar refractivity (Wildman–Crippen MR) is 61.9 cm³/mol. The Kier molecular flexibility index (Phi) is 5.40. The Balaban J connectivity index is 2.30. The van der Waals surface area contributed by atoms with Crippen LogP contribution in [0.1, 0.15) is 19.3 Å². The number of carbonyl (C=O) groups excluding carboxylic acids is 1. The molecule has 1 saturated heterocycles. The molecule has 0 radical (unpaired) electrons. The fraction of sp³-hybridized carbons (Fsp3) is 0.909. The van der Waals surface area contributed by atoms with Crippen LogP contribution in [0.4, 0.5) is 13.2 Å². The molecule has 1 unspecified atom stereocenters. The summed E-state index contributed by atoms with van der Waals surface area (Å²) in [5, 5.41) is 2.79. The number of piperidine rings is 1. The normalized spacial score (nSPS) is 20.9. The molecule has 7 heteroatoms. The summed E-state index contributed by atoms with van der Waals surface area (Å²) in [4.78, 5) is 12.9. The van der Waals surface area contributed by atoms with E-state index in [4.69, 9.17) is 5.73 Å². The van der Waals surface area contributed by atoms with E-state index in [1.54, 1.807) is 7.05 Å². The Morgan fingerprint density at radius 3 is 2.39 bits per heavy atom. The number of primary amides is 1. The molecule has 1 aliphatic rings. The summed E-state index contributed by atoms with van der Waals surface area (Å²) < 4.78 is 37.4. The topological polar surface area (TPSA) is 58.4 Å². The number of amides is 1. The Hall–Kier alpha value is -0.820. The van der Waals surface area contributed by atoms with Gasteiger partial charge in [0.15, 0.2) is 0 Å². The van der Waals surface area contributed by atoms with Gasteiger partial charge in [-0.15, -0.1) is 0 Å². The van der Waals surface area contributed by atoms with E-state index < -0.39 is 24.0 Å². The third-order valence-electron chi connectivity index (χ3n) is 3.48. The smallest absolute Gasteiger partial charge is 0.368 e. The summed E-state index contributed by atoms with van der Waals surface area (Å²) in [7, 11) is 1.64. The third-order valence-corrected chi connectivity index (χ3v) is 3.48. The quantitative estimate of drug-likeness (QED) is 0.772. The maximum absolute atomic E-state index is 12.5. The Morgan fingerprint density at radius 1 is 1.44 bits per heavy atom. The number of rotatable bonds is 5. The van der Waals surface area contributed by atoms with Gasteiger partial charge in [-0.1, -0.05) is 0 Å². The number of nitrogens with zero attached hydrogens (tertiary/aromatic N) is 1. The van der Waals surface area contributed by atoms with Gasteiger partial charge in [0.1, 0.15) is 0 Å². The molecule has 0 bridgehead atoms. The molecule has 1 atom stereocenters. The van der Waals surface area contributed by atoms with Crippen LogP contribution in [0.3, 0.4) is 0 Å². The number of nitrogens with two attached hydrogens (primary N) is 1. The van der Waals surface area contributed by atoms with Crippen LogP contribution >= 0.6 is 0 Å². The highest BCUT2D eigenvalue weighted by atomic mass is 19.4. The van der Waals surface area contributed by atoms with Crippen molar-refractivity contribution >= 4 is 5.91 Å². The number of likely N-dealkylation sites (N-methyl/N-ethyl adjacent to an activating group) is 1. The molecular weight excluding hydrogens is 247 g/mol. The predicted octanol–water partition coefficient (Wildman–Crippen LogP) is 0.724. The zero-order chi connectivity index (χ0) is 13.8. The van der Waals surface area contributed by atoms with Gasteiger partial charge in [-0.25, -0.2) is 0 Å². The van der Waals surface area contributed by atoms with Gasteiger partial charge in [0.2, 0.25) is 5.91 Å². The Bertz CT molecular complexity index is 275. The highest BCUT2D eigenvalue weighted by Crippen LogP contribution is 2.33. The molecule has 1 aliphatic heterocycles. The number of hydrogen-bond acceptors (Lipinski definition) is 3. The first-order chi connectivity index (χ1) is 8.34. The third kappa shape index (κ3) is 4.45. The van der Waals surface area contributed by atoms with E-state index in [1.807, 2.05) is 4.90 Å². The number of halogens is 3. The summed E-state index contributed by atoms with van der Waals surface area (Å²) in [5.74, 6) is -1.60. The number of hydrogen-bond donors (Lipinski definition) is 2. The van der Waals surface area contributed by atoms with E-state index in [-0.39, 0.29) is 12.8 Å². The van der Waals surface area contributed by atoms with E-state index in [2.05, 4.69) is 5.32 Å². The lowest BCUT2D eigenvalue weighted by atomic mass is 9.96. The van der Waals surface area contributed by atoms with Gasteiger partial charge in [-0.3, -0.25) is 4.79 Å². The summed E-state index contributed by atoms with van der Waals surface area (Å²) in [5.41, 5.74) is 5.17. The van der Waals surface area contributed by atoms with Crippen molar-refractivity contribution in [3.05, 3.63) is 0 Å². The van der Waals surface area contributed by atoms with E-state index in [9.17, 15) is 18.0 Å². The van der Waals surface area contributed by atoms with Crippen molar-refractivity contribution in [3.8, 4) is 0 Å². The molecule has 0 aromatic rings. The minimum Gasteiger partial charge on any atom is -0.368 e. The number of likely N-dealkylation sites (tertiary alicyclic amines) is 1. The SMILES string of the molecule is CNC(CCN1CCC(C(F)(F)F)CC1)C(N)=O. The molecule has 18 heavy (non-hydrogen) atoms. The second-order valence-corrected chi connectivity index (χ2v) is 4.69. The zero-order valence-corrected chi connectivity index (χ0v) is 10.5. The summed E-state index contributed by atoms with van der Waals surface area (Å²) in [6.07, 6.45) is -3.26. The molecule has 106 valence electrons. The van der Waals surface area contributed by atoms with Crippen molar-refractivity contribution in [2.45, 2.75) is 31.5 Å².